The first-order chi connectivity index (χ1) is 6.65. The van der Waals surface area contributed by atoms with Crippen molar-refractivity contribution >= 4 is 0 Å². The summed E-state index contributed by atoms with van der Waals surface area (Å²) >= 11 is 0. The van der Waals surface area contributed by atoms with E-state index in [2.05, 4.69) is 5.10 Å². The third-order valence-corrected chi connectivity index (χ3v) is 2.38. The average Bonchev–Trinajstić information content (AvgIpc) is 2.60. The summed E-state index contributed by atoms with van der Waals surface area (Å²) in [5.74, 6) is 0.194. The minimum Gasteiger partial charge on any atom is -0.388 e. The minimum absolute atomic E-state index is 0.194. The van der Waals surface area contributed by atoms with Crippen LogP contribution >= 0.6 is 0 Å². The maximum Gasteiger partial charge on any atom is 0.0846 e. The number of hydrogen-bond donors (Lipinski definition) is 1. The van der Waals surface area contributed by atoms with Gasteiger partial charge in [0.25, 0.3) is 0 Å². The Bertz CT molecular complexity index is 273. The van der Waals surface area contributed by atoms with Crippen LogP contribution in [0.5, 0.6) is 0 Å². The van der Waals surface area contributed by atoms with Gasteiger partial charge in [-0.1, -0.05) is 6.92 Å². The third kappa shape index (κ3) is 2.82. The van der Waals surface area contributed by atoms with E-state index in [-0.39, 0.29) is 5.92 Å². The second-order valence-electron chi connectivity index (χ2n) is 3.65. The van der Waals surface area contributed by atoms with Gasteiger partial charge in [0.15, 0.2) is 0 Å². The summed E-state index contributed by atoms with van der Waals surface area (Å²) in [6.07, 6.45) is 3.95. The highest BCUT2D eigenvalue weighted by Gasteiger charge is 2.17. The predicted octanol–water partition coefficient (Wildman–Crippen LogP) is 1.13. The van der Waals surface area contributed by atoms with Crippen LogP contribution in [0, 0.1) is 5.92 Å². The largest absolute Gasteiger partial charge is 0.388 e. The van der Waals surface area contributed by atoms with Gasteiger partial charge < -0.3 is 9.84 Å². The molecule has 1 aromatic rings. The van der Waals surface area contributed by atoms with Gasteiger partial charge in [0, 0.05) is 32.5 Å². The van der Waals surface area contributed by atoms with Gasteiger partial charge in [0.1, 0.15) is 0 Å². The number of aryl methyl sites for hydroxylation is 1. The van der Waals surface area contributed by atoms with Crippen molar-refractivity contribution in [3.63, 3.8) is 0 Å². The average molecular weight is 198 g/mol. The van der Waals surface area contributed by atoms with Crippen molar-refractivity contribution in [2.75, 3.05) is 13.7 Å². The number of aliphatic hydroxyl groups excluding tert-OH is 1. The lowest BCUT2D eigenvalue weighted by Crippen LogP contribution is -2.10. The highest BCUT2D eigenvalue weighted by Crippen LogP contribution is 2.23. The van der Waals surface area contributed by atoms with Crippen molar-refractivity contribution < 1.29 is 9.84 Å². The lowest BCUT2D eigenvalue weighted by atomic mass is 9.97. The lowest BCUT2D eigenvalue weighted by molar-refractivity contribution is 0.0885. The summed E-state index contributed by atoms with van der Waals surface area (Å²) in [6, 6.07) is 0. The van der Waals surface area contributed by atoms with Crippen molar-refractivity contribution in [3.05, 3.63) is 18.0 Å². The molecule has 4 heteroatoms. The zero-order valence-electron chi connectivity index (χ0n) is 8.97. The maximum atomic E-state index is 9.92. The van der Waals surface area contributed by atoms with Crippen molar-refractivity contribution in [2.45, 2.75) is 19.4 Å². The molecule has 0 fully saturated rings. The van der Waals surface area contributed by atoms with E-state index in [1.807, 2.05) is 20.2 Å². The number of aliphatic hydroxyl groups is 1. The molecule has 2 unspecified atom stereocenters. The molecule has 1 heterocycles. The van der Waals surface area contributed by atoms with Crippen LogP contribution < -0.4 is 0 Å². The SMILES string of the molecule is COCCC(C)C(O)c1cnn(C)c1. The Morgan fingerprint density at radius 1 is 1.64 bits per heavy atom. The zero-order valence-corrected chi connectivity index (χ0v) is 8.97. The molecule has 1 N–H and O–H groups in total. The minimum atomic E-state index is -0.446. The van der Waals surface area contributed by atoms with Gasteiger partial charge in [-0.2, -0.15) is 5.10 Å². The topological polar surface area (TPSA) is 47.3 Å². The molecule has 80 valence electrons. The highest BCUT2D eigenvalue weighted by molar-refractivity contribution is 5.08. The molecule has 0 aliphatic carbocycles. The first-order valence-corrected chi connectivity index (χ1v) is 4.80. The molecule has 0 saturated heterocycles. The summed E-state index contributed by atoms with van der Waals surface area (Å²) in [5.41, 5.74) is 0.871. The second kappa shape index (κ2) is 5.12. The standard InChI is InChI=1S/C10H18N2O2/c1-8(4-5-14-3)10(13)9-6-11-12(2)7-9/h6-8,10,13H,4-5H2,1-3H3. The molecule has 0 aliphatic rings. The van der Waals surface area contributed by atoms with E-state index in [4.69, 9.17) is 4.74 Å². The van der Waals surface area contributed by atoms with Gasteiger partial charge >= 0.3 is 0 Å². The van der Waals surface area contributed by atoms with Gasteiger partial charge in [0.2, 0.25) is 0 Å². The van der Waals surface area contributed by atoms with Crippen molar-refractivity contribution in [2.24, 2.45) is 13.0 Å². The fourth-order valence-electron chi connectivity index (χ4n) is 1.38. The summed E-state index contributed by atoms with van der Waals surface area (Å²) < 4.78 is 6.67. The first-order valence-electron chi connectivity index (χ1n) is 4.80. The summed E-state index contributed by atoms with van der Waals surface area (Å²) in [5, 5.41) is 13.9. The molecule has 2 atom stereocenters. The first kappa shape index (κ1) is 11.2. The Hall–Kier alpha value is -0.870. The molecule has 0 spiro atoms. The predicted molar refractivity (Wildman–Crippen MR) is 53.8 cm³/mol. The second-order valence-corrected chi connectivity index (χ2v) is 3.65. The number of nitrogens with zero attached hydrogens (tertiary/aromatic N) is 2. The van der Waals surface area contributed by atoms with Crippen LogP contribution in [-0.2, 0) is 11.8 Å². The Balaban J connectivity index is 2.51. The molecule has 0 amide bonds. The van der Waals surface area contributed by atoms with E-state index < -0.39 is 6.10 Å². The Labute approximate surface area is 84.5 Å². The monoisotopic (exact) mass is 198 g/mol. The van der Waals surface area contributed by atoms with Gasteiger partial charge in [0.05, 0.1) is 12.3 Å². The molecule has 0 aromatic carbocycles. The quantitative estimate of drug-likeness (QED) is 0.771. The molecule has 0 saturated carbocycles. The van der Waals surface area contributed by atoms with Crippen LogP contribution in [0.2, 0.25) is 0 Å². The van der Waals surface area contributed by atoms with Crippen LogP contribution in [-0.4, -0.2) is 28.6 Å². The van der Waals surface area contributed by atoms with Crippen LogP contribution in [0.25, 0.3) is 0 Å². The smallest absolute Gasteiger partial charge is 0.0846 e. The van der Waals surface area contributed by atoms with Crippen molar-refractivity contribution in [3.8, 4) is 0 Å². The fraction of sp³-hybridized carbons (Fsp3) is 0.700. The molecule has 0 bridgehead atoms. The maximum absolute atomic E-state index is 9.92. The molecule has 0 aliphatic heterocycles. The Kier molecular flexibility index (Phi) is 4.10. The number of ether oxygens (including phenoxy) is 1. The lowest BCUT2D eigenvalue weighted by Gasteiger charge is -2.16. The number of hydrogen-bond acceptors (Lipinski definition) is 3. The fourth-order valence-corrected chi connectivity index (χ4v) is 1.38. The van der Waals surface area contributed by atoms with E-state index in [0.717, 1.165) is 12.0 Å². The van der Waals surface area contributed by atoms with E-state index in [9.17, 15) is 5.11 Å². The summed E-state index contributed by atoms with van der Waals surface area (Å²) in [7, 11) is 3.51. The van der Waals surface area contributed by atoms with E-state index in [0.29, 0.717) is 6.61 Å². The van der Waals surface area contributed by atoms with Crippen LogP contribution in [0.4, 0.5) is 0 Å². The third-order valence-electron chi connectivity index (χ3n) is 2.38. The Morgan fingerprint density at radius 2 is 2.36 bits per heavy atom. The van der Waals surface area contributed by atoms with E-state index in [1.54, 1.807) is 18.0 Å². The molecular formula is C10H18N2O2. The van der Waals surface area contributed by atoms with Crippen LogP contribution in [0.15, 0.2) is 12.4 Å². The molecule has 1 aromatic heterocycles. The van der Waals surface area contributed by atoms with Crippen LogP contribution in [0.1, 0.15) is 25.0 Å². The molecule has 1 rings (SSSR count). The molecular weight excluding hydrogens is 180 g/mol. The molecule has 14 heavy (non-hydrogen) atoms. The molecule has 4 nitrogen and oxygen atoms in total. The Morgan fingerprint density at radius 3 is 2.86 bits per heavy atom. The summed E-state index contributed by atoms with van der Waals surface area (Å²) in [6.45, 7) is 2.69. The number of rotatable bonds is 5. The van der Waals surface area contributed by atoms with Gasteiger partial charge in [-0.05, 0) is 12.3 Å². The van der Waals surface area contributed by atoms with Crippen molar-refractivity contribution in [1.82, 2.24) is 9.78 Å². The van der Waals surface area contributed by atoms with Crippen molar-refractivity contribution in [1.29, 1.82) is 0 Å². The summed E-state index contributed by atoms with van der Waals surface area (Å²) in [4.78, 5) is 0. The number of aromatic nitrogens is 2. The molecule has 0 radical (unpaired) electrons. The normalized spacial score (nSPS) is 15.4. The highest BCUT2D eigenvalue weighted by atomic mass is 16.5. The van der Waals surface area contributed by atoms with Gasteiger partial charge in [-0.15, -0.1) is 0 Å². The zero-order chi connectivity index (χ0) is 10.6. The number of methoxy groups -OCH3 is 1. The van der Waals surface area contributed by atoms with Gasteiger partial charge in [-0.25, -0.2) is 0 Å². The van der Waals surface area contributed by atoms with Gasteiger partial charge in [-0.3, -0.25) is 4.68 Å². The van der Waals surface area contributed by atoms with E-state index >= 15 is 0 Å². The van der Waals surface area contributed by atoms with E-state index in [1.165, 1.54) is 0 Å². The van der Waals surface area contributed by atoms with Crippen LogP contribution in [0.3, 0.4) is 0 Å².